The summed E-state index contributed by atoms with van der Waals surface area (Å²) >= 11 is 0. The molecule has 5 nitrogen and oxygen atoms in total. The predicted molar refractivity (Wildman–Crippen MR) is 108 cm³/mol. The lowest BCUT2D eigenvalue weighted by Crippen LogP contribution is -2.39. The summed E-state index contributed by atoms with van der Waals surface area (Å²) in [5, 5.41) is 7.35. The Labute approximate surface area is 165 Å². The van der Waals surface area contributed by atoms with Gasteiger partial charge in [0.15, 0.2) is 0 Å². The van der Waals surface area contributed by atoms with Gasteiger partial charge in [-0.25, -0.2) is 0 Å². The van der Waals surface area contributed by atoms with Gasteiger partial charge in [-0.1, -0.05) is 54.6 Å². The Balaban J connectivity index is 1.52. The van der Waals surface area contributed by atoms with E-state index in [-0.39, 0.29) is 24.2 Å². The molecule has 0 bridgehead atoms. The van der Waals surface area contributed by atoms with Crippen molar-refractivity contribution in [2.75, 3.05) is 0 Å². The Morgan fingerprint density at radius 1 is 1.04 bits per heavy atom. The molecule has 3 aromatic rings. The second-order valence-electron chi connectivity index (χ2n) is 7.34. The van der Waals surface area contributed by atoms with Crippen molar-refractivity contribution in [3.8, 4) is 0 Å². The van der Waals surface area contributed by atoms with E-state index in [0.717, 1.165) is 30.5 Å². The van der Waals surface area contributed by atoms with Crippen LogP contribution in [0.2, 0.25) is 0 Å². The smallest absolute Gasteiger partial charge is 0.217 e. The Bertz CT molecular complexity index is 891. The highest BCUT2D eigenvalue weighted by atomic mass is 16.5. The minimum Gasteiger partial charge on any atom is -0.365 e. The molecule has 2 aromatic carbocycles. The van der Waals surface area contributed by atoms with Gasteiger partial charge in [0.25, 0.3) is 0 Å². The van der Waals surface area contributed by atoms with Gasteiger partial charge in [0.2, 0.25) is 5.91 Å². The van der Waals surface area contributed by atoms with Crippen molar-refractivity contribution >= 4 is 5.91 Å². The van der Waals surface area contributed by atoms with Crippen LogP contribution >= 0.6 is 0 Å². The molecule has 1 aliphatic heterocycles. The number of nitrogens with zero attached hydrogens (tertiary/aromatic N) is 2. The van der Waals surface area contributed by atoms with Crippen LogP contribution in [-0.2, 0) is 16.1 Å². The lowest BCUT2D eigenvalue weighted by atomic mass is 9.91. The third kappa shape index (κ3) is 4.49. The Kier molecular flexibility index (Phi) is 5.53. The van der Waals surface area contributed by atoms with Gasteiger partial charge in [-0.15, -0.1) is 0 Å². The second-order valence-corrected chi connectivity index (χ2v) is 7.34. The van der Waals surface area contributed by atoms with Crippen LogP contribution in [0.5, 0.6) is 0 Å². The maximum Gasteiger partial charge on any atom is 0.217 e. The summed E-state index contributed by atoms with van der Waals surface area (Å²) in [4.78, 5) is 11.6. The first-order valence-corrected chi connectivity index (χ1v) is 9.71. The molecule has 0 unspecified atom stereocenters. The van der Waals surface area contributed by atoms with Crippen molar-refractivity contribution < 1.29 is 9.53 Å². The molecule has 1 amide bonds. The van der Waals surface area contributed by atoms with Crippen molar-refractivity contribution in [1.29, 1.82) is 0 Å². The summed E-state index contributed by atoms with van der Waals surface area (Å²) in [6.45, 7) is 2.33. The quantitative estimate of drug-likeness (QED) is 0.733. The van der Waals surface area contributed by atoms with Gasteiger partial charge in [-0.3, -0.25) is 9.48 Å². The van der Waals surface area contributed by atoms with Crippen LogP contribution in [0.4, 0.5) is 0 Å². The zero-order chi connectivity index (χ0) is 19.3. The molecule has 3 atom stereocenters. The molecule has 4 rings (SSSR count). The van der Waals surface area contributed by atoms with Crippen molar-refractivity contribution in [2.24, 2.45) is 0 Å². The number of carbonyl (C=O) groups excluding carboxylic acids is 1. The maximum absolute atomic E-state index is 11.6. The number of rotatable bonds is 5. The summed E-state index contributed by atoms with van der Waals surface area (Å²) in [7, 11) is 0. The van der Waals surface area contributed by atoms with Gasteiger partial charge < -0.3 is 10.1 Å². The SMILES string of the molecule is CC(=O)N[C@H]1C[C@@H](c2ccccc2)O[C@@H](c2ccc(Cn3cccn3)cc2)C1. The second kappa shape index (κ2) is 8.40. The number of hydrogen-bond donors (Lipinski definition) is 1. The van der Waals surface area contributed by atoms with Crippen LogP contribution in [0.25, 0.3) is 0 Å². The summed E-state index contributed by atoms with van der Waals surface area (Å²) in [5.74, 6) is 0.00651. The Morgan fingerprint density at radius 2 is 1.71 bits per heavy atom. The normalized spacial score (nSPS) is 22.0. The Morgan fingerprint density at radius 3 is 2.32 bits per heavy atom. The van der Waals surface area contributed by atoms with Crippen LogP contribution in [-0.4, -0.2) is 21.7 Å². The monoisotopic (exact) mass is 375 g/mol. The van der Waals surface area contributed by atoms with E-state index >= 15 is 0 Å². The fourth-order valence-corrected chi connectivity index (χ4v) is 3.84. The number of amides is 1. The summed E-state index contributed by atoms with van der Waals surface area (Å²) in [6, 6.07) is 20.8. The number of aromatic nitrogens is 2. The molecule has 2 heterocycles. The first-order valence-electron chi connectivity index (χ1n) is 9.71. The van der Waals surface area contributed by atoms with E-state index in [1.54, 1.807) is 13.1 Å². The summed E-state index contributed by atoms with van der Waals surface area (Å²) in [5.41, 5.74) is 3.49. The van der Waals surface area contributed by atoms with Gasteiger partial charge in [0.05, 0.1) is 18.8 Å². The van der Waals surface area contributed by atoms with Gasteiger partial charge in [-0.2, -0.15) is 5.10 Å². The van der Waals surface area contributed by atoms with Crippen LogP contribution < -0.4 is 5.32 Å². The van der Waals surface area contributed by atoms with Crippen molar-refractivity contribution in [3.63, 3.8) is 0 Å². The zero-order valence-electron chi connectivity index (χ0n) is 16.0. The Hall–Kier alpha value is -2.92. The highest BCUT2D eigenvalue weighted by Crippen LogP contribution is 2.38. The molecule has 0 aliphatic carbocycles. The lowest BCUT2D eigenvalue weighted by molar-refractivity contribution is -0.122. The highest BCUT2D eigenvalue weighted by molar-refractivity contribution is 5.73. The molecule has 0 saturated carbocycles. The van der Waals surface area contributed by atoms with Crippen LogP contribution in [0.1, 0.15) is 48.7 Å². The van der Waals surface area contributed by atoms with Gasteiger partial charge >= 0.3 is 0 Å². The molecule has 1 fully saturated rings. The van der Waals surface area contributed by atoms with Crippen LogP contribution in [0.15, 0.2) is 73.1 Å². The van der Waals surface area contributed by atoms with Crippen molar-refractivity contribution in [1.82, 2.24) is 15.1 Å². The van der Waals surface area contributed by atoms with E-state index in [2.05, 4.69) is 46.8 Å². The summed E-state index contributed by atoms with van der Waals surface area (Å²) < 4.78 is 8.35. The topological polar surface area (TPSA) is 56.1 Å². The molecular formula is C23H25N3O2. The van der Waals surface area contributed by atoms with Gasteiger partial charge in [0.1, 0.15) is 0 Å². The van der Waals surface area contributed by atoms with Gasteiger partial charge in [-0.05, 0) is 35.6 Å². The summed E-state index contributed by atoms with van der Waals surface area (Å²) in [6.07, 6.45) is 5.24. The molecule has 144 valence electrons. The molecule has 1 N–H and O–H groups in total. The zero-order valence-corrected chi connectivity index (χ0v) is 16.0. The maximum atomic E-state index is 11.6. The van der Waals surface area contributed by atoms with E-state index in [9.17, 15) is 4.79 Å². The van der Waals surface area contributed by atoms with Crippen molar-refractivity contribution in [2.45, 2.75) is 44.6 Å². The molecule has 1 saturated heterocycles. The fraction of sp³-hybridized carbons (Fsp3) is 0.304. The highest BCUT2D eigenvalue weighted by Gasteiger charge is 2.31. The molecule has 0 radical (unpaired) electrons. The van der Waals surface area contributed by atoms with E-state index in [4.69, 9.17) is 4.74 Å². The average molecular weight is 375 g/mol. The molecule has 1 aromatic heterocycles. The van der Waals surface area contributed by atoms with Crippen LogP contribution in [0, 0.1) is 0 Å². The first kappa shape index (κ1) is 18.4. The van der Waals surface area contributed by atoms with Crippen LogP contribution in [0.3, 0.4) is 0 Å². The third-order valence-electron chi connectivity index (χ3n) is 5.16. The molecule has 5 heteroatoms. The van der Waals surface area contributed by atoms with Crippen molar-refractivity contribution in [3.05, 3.63) is 89.7 Å². The average Bonchev–Trinajstić information content (AvgIpc) is 3.21. The number of carbonyl (C=O) groups is 1. The standard InChI is InChI=1S/C23H25N3O2/c1-17(27)25-21-14-22(19-6-3-2-4-7-19)28-23(15-21)20-10-8-18(9-11-20)16-26-13-5-12-24-26/h2-13,21-23H,14-16H2,1H3,(H,25,27)/t21-,22-,23+/m0/s1. The molecule has 0 spiro atoms. The van der Waals surface area contributed by atoms with Gasteiger partial charge in [0, 0.05) is 25.4 Å². The predicted octanol–water partition coefficient (Wildman–Crippen LogP) is 4.03. The minimum absolute atomic E-state index is 0.00651. The van der Waals surface area contributed by atoms with E-state index in [1.165, 1.54) is 5.56 Å². The molecular weight excluding hydrogens is 350 g/mol. The largest absolute Gasteiger partial charge is 0.365 e. The van der Waals surface area contributed by atoms with E-state index < -0.39 is 0 Å². The number of ether oxygens (including phenoxy) is 1. The van der Waals surface area contributed by atoms with E-state index in [0.29, 0.717) is 0 Å². The van der Waals surface area contributed by atoms with E-state index in [1.807, 2.05) is 35.1 Å². The molecule has 28 heavy (non-hydrogen) atoms. The fourth-order valence-electron chi connectivity index (χ4n) is 3.84. The number of benzene rings is 2. The number of hydrogen-bond acceptors (Lipinski definition) is 3. The first-order chi connectivity index (χ1) is 13.7. The minimum atomic E-state index is -0.0467. The number of nitrogens with one attached hydrogen (secondary N) is 1. The third-order valence-corrected chi connectivity index (χ3v) is 5.16. The lowest BCUT2D eigenvalue weighted by Gasteiger charge is -2.36. The molecule has 1 aliphatic rings.